The minimum atomic E-state index is -4.10. The van der Waals surface area contributed by atoms with Crippen LogP contribution < -0.4 is 5.32 Å². The van der Waals surface area contributed by atoms with Gasteiger partial charge in [0.15, 0.2) is 0 Å². The number of hydrogen-bond donors (Lipinski definition) is 2. The van der Waals surface area contributed by atoms with Crippen molar-refractivity contribution in [1.29, 1.82) is 0 Å². The highest BCUT2D eigenvalue weighted by molar-refractivity contribution is 4.67. The van der Waals surface area contributed by atoms with E-state index < -0.39 is 12.6 Å². The Morgan fingerprint density at radius 2 is 1.88 bits per heavy atom. The highest BCUT2D eigenvalue weighted by Gasteiger charge is 2.25. The second kappa shape index (κ2) is 8.72. The van der Waals surface area contributed by atoms with E-state index in [9.17, 15) is 13.2 Å². The smallest absolute Gasteiger partial charge is 0.389 e. The molecule has 0 fully saturated rings. The van der Waals surface area contributed by atoms with Crippen molar-refractivity contribution >= 4 is 0 Å². The van der Waals surface area contributed by atoms with Crippen molar-refractivity contribution in [2.45, 2.75) is 51.4 Å². The van der Waals surface area contributed by atoms with Gasteiger partial charge in [0.2, 0.25) is 0 Å². The molecule has 0 spiro atoms. The van der Waals surface area contributed by atoms with Crippen molar-refractivity contribution in [1.82, 2.24) is 5.32 Å². The lowest BCUT2D eigenvalue weighted by Crippen LogP contribution is -2.38. The number of alkyl halides is 3. The summed E-state index contributed by atoms with van der Waals surface area (Å²) in [6, 6.07) is 0.204. The number of aliphatic hydroxyl groups excluding tert-OH is 1. The lowest BCUT2D eigenvalue weighted by molar-refractivity contribution is -0.137. The molecule has 0 rings (SSSR count). The van der Waals surface area contributed by atoms with E-state index in [2.05, 4.69) is 5.32 Å². The average Bonchev–Trinajstić information content (AvgIpc) is 2.19. The Balaban J connectivity index is 3.43. The summed E-state index contributed by atoms with van der Waals surface area (Å²) >= 11 is 0. The molecule has 17 heavy (non-hydrogen) atoms. The van der Waals surface area contributed by atoms with Gasteiger partial charge in [-0.05, 0) is 12.8 Å². The van der Waals surface area contributed by atoms with Gasteiger partial charge in [0.25, 0.3) is 0 Å². The first-order valence-electron chi connectivity index (χ1n) is 5.86. The van der Waals surface area contributed by atoms with E-state index in [-0.39, 0.29) is 31.7 Å². The quantitative estimate of drug-likeness (QED) is 0.621. The van der Waals surface area contributed by atoms with Gasteiger partial charge in [-0.1, -0.05) is 13.8 Å². The highest BCUT2D eigenvalue weighted by Crippen LogP contribution is 2.20. The van der Waals surface area contributed by atoms with Gasteiger partial charge in [-0.2, -0.15) is 13.2 Å². The maximum absolute atomic E-state index is 11.8. The van der Waals surface area contributed by atoms with Gasteiger partial charge in [-0.15, -0.1) is 0 Å². The van der Waals surface area contributed by atoms with E-state index in [1.165, 1.54) is 0 Å². The zero-order valence-corrected chi connectivity index (χ0v) is 10.4. The Morgan fingerprint density at radius 1 is 1.24 bits per heavy atom. The number of hydrogen-bond acceptors (Lipinski definition) is 3. The molecular weight excluding hydrogens is 235 g/mol. The molecule has 0 aliphatic rings. The first-order valence-corrected chi connectivity index (χ1v) is 5.86. The Hall–Kier alpha value is -0.330. The molecule has 0 saturated heterocycles. The van der Waals surface area contributed by atoms with E-state index in [0.717, 1.165) is 0 Å². The maximum atomic E-state index is 11.8. The van der Waals surface area contributed by atoms with Crippen LogP contribution in [0.4, 0.5) is 13.2 Å². The average molecular weight is 257 g/mol. The highest BCUT2D eigenvalue weighted by atomic mass is 19.4. The lowest BCUT2D eigenvalue weighted by Gasteiger charge is -2.18. The van der Waals surface area contributed by atoms with E-state index in [4.69, 9.17) is 9.84 Å². The standard InChI is InChI=1S/C11H22F3NO2/c1-9(2)15-10(8-16)4-7-17-6-3-5-11(12,13)14/h9-10,15-16H,3-8H2,1-2H3. The minimum Gasteiger partial charge on any atom is -0.395 e. The van der Waals surface area contributed by atoms with Crippen LogP contribution in [0.3, 0.4) is 0 Å². The van der Waals surface area contributed by atoms with Gasteiger partial charge >= 0.3 is 6.18 Å². The first kappa shape index (κ1) is 16.7. The lowest BCUT2D eigenvalue weighted by atomic mass is 10.2. The van der Waals surface area contributed by atoms with Crippen LogP contribution in [0.2, 0.25) is 0 Å². The second-order valence-corrected chi connectivity index (χ2v) is 4.32. The van der Waals surface area contributed by atoms with Crippen molar-refractivity contribution in [3.63, 3.8) is 0 Å². The van der Waals surface area contributed by atoms with Gasteiger partial charge in [0.1, 0.15) is 0 Å². The molecule has 0 aromatic rings. The summed E-state index contributed by atoms with van der Waals surface area (Å²) < 4.78 is 40.5. The van der Waals surface area contributed by atoms with Crippen LogP contribution >= 0.6 is 0 Å². The SMILES string of the molecule is CC(C)NC(CO)CCOCCCC(F)(F)F. The third-order valence-corrected chi connectivity index (χ3v) is 2.15. The first-order chi connectivity index (χ1) is 7.85. The van der Waals surface area contributed by atoms with Crippen molar-refractivity contribution in [2.75, 3.05) is 19.8 Å². The maximum Gasteiger partial charge on any atom is 0.389 e. The summed E-state index contributed by atoms with van der Waals surface area (Å²) in [5, 5.41) is 12.2. The fourth-order valence-electron chi connectivity index (χ4n) is 1.40. The number of halogens is 3. The molecule has 0 aliphatic heterocycles. The van der Waals surface area contributed by atoms with Crippen LogP contribution in [0.5, 0.6) is 0 Å². The summed E-state index contributed by atoms with van der Waals surface area (Å²) in [5.74, 6) is 0. The molecule has 0 aromatic heterocycles. The van der Waals surface area contributed by atoms with Gasteiger partial charge in [-0.25, -0.2) is 0 Å². The Kier molecular flexibility index (Phi) is 8.55. The molecule has 0 amide bonds. The molecule has 1 atom stereocenters. The third kappa shape index (κ3) is 11.9. The van der Waals surface area contributed by atoms with Crippen LogP contribution in [-0.4, -0.2) is 43.2 Å². The summed E-state index contributed by atoms with van der Waals surface area (Å²) in [7, 11) is 0. The topological polar surface area (TPSA) is 41.5 Å². The molecule has 2 N–H and O–H groups in total. The summed E-state index contributed by atoms with van der Waals surface area (Å²) in [4.78, 5) is 0. The zero-order valence-electron chi connectivity index (χ0n) is 10.4. The minimum absolute atomic E-state index is 0.00406. The predicted molar refractivity (Wildman–Crippen MR) is 59.9 cm³/mol. The van der Waals surface area contributed by atoms with Crippen LogP contribution in [0.1, 0.15) is 33.1 Å². The van der Waals surface area contributed by atoms with Crippen LogP contribution in [-0.2, 0) is 4.74 Å². The Labute approximate surface area is 100 Å². The largest absolute Gasteiger partial charge is 0.395 e. The van der Waals surface area contributed by atoms with Gasteiger partial charge in [0.05, 0.1) is 6.61 Å². The van der Waals surface area contributed by atoms with E-state index in [1.54, 1.807) is 0 Å². The molecule has 0 aromatic carbocycles. The molecule has 6 heteroatoms. The van der Waals surface area contributed by atoms with E-state index in [1.807, 2.05) is 13.8 Å². The summed E-state index contributed by atoms with van der Waals surface area (Å²) in [6.07, 6.45) is -4.32. The molecule has 0 aliphatic carbocycles. The fourth-order valence-corrected chi connectivity index (χ4v) is 1.40. The Bertz CT molecular complexity index is 186. The normalized spacial score (nSPS) is 14.3. The van der Waals surface area contributed by atoms with E-state index >= 15 is 0 Å². The van der Waals surface area contributed by atoms with Crippen molar-refractivity contribution in [2.24, 2.45) is 0 Å². The van der Waals surface area contributed by atoms with Gasteiger partial charge < -0.3 is 15.2 Å². The number of rotatable bonds is 9. The molecular formula is C11H22F3NO2. The molecule has 0 bridgehead atoms. The van der Waals surface area contributed by atoms with Crippen molar-refractivity contribution in [3.8, 4) is 0 Å². The molecule has 1 unspecified atom stereocenters. The Morgan fingerprint density at radius 3 is 2.35 bits per heavy atom. The van der Waals surface area contributed by atoms with Crippen molar-refractivity contribution < 1.29 is 23.0 Å². The summed E-state index contributed by atoms with van der Waals surface area (Å²) in [5.41, 5.74) is 0. The van der Waals surface area contributed by atoms with Crippen molar-refractivity contribution in [3.05, 3.63) is 0 Å². The predicted octanol–water partition coefficient (Wildman–Crippen LogP) is 2.09. The molecule has 0 saturated carbocycles. The van der Waals surface area contributed by atoms with Crippen LogP contribution in [0.25, 0.3) is 0 Å². The van der Waals surface area contributed by atoms with E-state index in [0.29, 0.717) is 13.0 Å². The van der Waals surface area contributed by atoms with Gasteiger partial charge in [0, 0.05) is 31.7 Å². The molecule has 104 valence electrons. The second-order valence-electron chi connectivity index (χ2n) is 4.32. The summed E-state index contributed by atoms with van der Waals surface area (Å²) in [6.45, 7) is 4.41. The number of nitrogens with one attached hydrogen (secondary N) is 1. The zero-order chi connectivity index (χ0) is 13.3. The molecule has 0 heterocycles. The molecule has 3 nitrogen and oxygen atoms in total. The monoisotopic (exact) mass is 257 g/mol. The van der Waals surface area contributed by atoms with Crippen LogP contribution in [0, 0.1) is 0 Å². The van der Waals surface area contributed by atoms with Crippen LogP contribution in [0.15, 0.2) is 0 Å². The van der Waals surface area contributed by atoms with Gasteiger partial charge in [-0.3, -0.25) is 0 Å². The third-order valence-electron chi connectivity index (χ3n) is 2.15. The fraction of sp³-hybridized carbons (Fsp3) is 1.00. The number of ether oxygens (including phenoxy) is 1. The molecule has 0 radical (unpaired) electrons. The number of aliphatic hydroxyl groups is 1.